The maximum atomic E-state index is 12.9. The van der Waals surface area contributed by atoms with Gasteiger partial charge in [-0.25, -0.2) is 0 Å². The van der Waals surface area contributed by atoms with E-state index in [4.69, 9.17) is 0 Å². The smallest absolute Gasteiger partial charge is 0.290 e. The number of hydrogen-bond acceptors (Lipinski definition) is 3. The lowest BCUT2D eigenvalue weighted by Crippen LogP contribution is -2.29. The summed E-state index contributed by atoms with van der Waals surface area (Å²) in [5.74, 6) is -0.534. The Balaban J connectivity index is 1.81. The maximum absolute atomic E-state index is 12.9. The highest BCUT2D eigenvalue weighted by atomic mass is 16.3. The molecule has 1 aliphatic rings. The number of aliphatic hydroxyl groups excluding tert-OH is 1. The second-order valence-electron chi connectivity index (χ2n) is 6.23. The van der Waals surface area contributed by atoms with Crippen LogP contribution in [0.2, 0.25) is 0 Å². The first-order valence-corrected chi connectivity index (χ1v) is 8.49. The number of aliphatic hydroxyl groups is 1. The van der Waals surface area contributed by atoms with Gasteiger partial charge in [-0.3, -0.25) is 9.78 Å². The summed E-state index contributed by atoms with van der Waals surface area (Å²) in [6.45, 7) is 0.404. The first-order valence-electron chi connectivity index (χ1n) is 8.49. The minimum absolute atomic E-state index is 0.181. The van der Waals surface area contributed by atoms with Crippen molar-refractivity contribution in [1.29, 1.82) is 0 Å². The highest BCUT2D eigenvalue weighted by molar-refractivity contribution is 6.05. The van der Waals surface area contributed by atoms with Crippen LogP contribution in [0.15, 0.2) is 90.9 Å². The van der Waals surface area contributed by atoms with Gasteiger partial charge < -0.3 is 10.0 Å². The van der Waals surface area contributed by atoms with Crippen LogP contribution >= 0.6 is 0 Å². The van der Waals surface area contributed by atoms with Gasteiger partial charge in [0.1, 0.15) is 0 Å². The Hall–Kier alpha value is -3.40. The summed E-state index contributed by atoms with van der Waals surface area (Å²) in [5.41, 5.74) is 3.44. The van der Waals surface area contributed by atoms with Gasteiger partial charge in [-0.05, 0) is 28.8 Å². The molecule has 0 saturated carbocycles. The van der Waals surface area contributed by atoms with E-state index in [1.165, 1.54) is 0 Å². The summed E-state index contributed by atoms with van der Waals surface area (Å²) in [4.78, 5) is 18.6. The summed E-state index contributed by atoms with van der Waals surface area (Å²) in [6.07, 6.45) is 3.41. The quantitative estimate of drug-likeness (QED) is 0.775. The third kappa shape index (κ3) is 2.86. The topological polar surface area (TPSA) is 53.4 Å². The van der Waals surface area contributed by atoms with E-state index in [-0.39, 0.29) is 17.7 Å². The van der Waals surface area contributed by atoms with Crippen LogP contribution in [0.5, 0.6) is 0 Å². The number of carbonyl (C=O) groups excluding carboxylic acids is 1. The predicted molar refractivity (Wildman–Crippen MR) is 100.0 cm³/mol. The van der Waals surface area contributed by atoms with E-state index >= 15 is 0 Å². The molecule has 4 nitrogen and oxygen atoms in total. The average molecular weight is 342 g/mol. The molecule has 2 aromatic carbocycles. The van der Waals surface area contributed by atoms with Crippen molar-refractivity contribution in [3.63, 3.8) is 0 Å². The zero-order chi connectivity index (χ0) is 17.9. The van der Waals surface area contributed by atoms with Crippen LogP contribution in [0, 0.1) is 0 Å². The van der Waals surface area contributed by atoms with Gasteiger partial charge in [-0.15, -0.1) is 0 Å². The summed E-state index contributed by atoms with van der Waals surface area (Å²) in [6, 6.07) is 22.8. The summed E-state index contributed by atoms with van der Waals surface area (Å²) >= 11 is 0. The molecule has 2 heterocycles. The Kier molecular flexibility index (Phi) is 4.23. The summed E-state index contributed by atoms with van der Waals surface area (Å²) < 4.78 is 0. The standard InChI is InChI=1S/C22H18N2O2/c25-21-19(17-7-3-1-4-8-17)20(18-9-5-2-6-10-18)24(22(21)26)15-16-11-13-23-14-12-16/h1-14,20,25H,15H2. The van der Waals surface area contributed by atoms with Crippen LogP contribution < -0.4 is 0 Å². The monoisotopic (exact) mass is 342 g/mol. The molecule has 1 unspecified atom stereocenters. The van der Waals surface area contributed by atoms with E-state index in [0.29, 0.717) is 12.1 Å². The largest absolute Gasteiger partial charge is 0.503 e. The molecule has 1 aromatic heterocycles. The first kappa shape index (κ1) is 16.1. The molecular weight excluding hydrogens is 324 g/mol. The van der Waals surface area contributed by atoms with Crippen LogP contribution in [0.1, 0.15) is 22.7 Å². The fraction of sp³-hybridized carbons (Fsp3) is 0.0909. The molecule has 0 bridgehead atoms. The number of rotatable bonds is 4. The first-order chi connectivity index (χ1) is 12.8. The molecule has 26 heavy (non-hydrogen) atoms. The Morgan fingerprint density at radius 1 is 0.885 bits per heavy atom. The van der Waals surface area contributed by atoms with Gasteiger partial charge in [-0.2, -0.15) is 0 Å². The van der Waals surface area contributed by atoms with Crippen molar-refractivity contribution in [2.45, 2.75) is 12.6 Å². The number of carbonyl (C=O) groups is 1. The van der Waals surface area contributed by atoms with Crippen molar-refractivity contribution < 1.29 is 9.90 Å². The zero-order valence-electron chi connectivity index (χ0n) is 14.1. The Bertz CT molecular complexity index is 938. The van der Waals surface area contributed by atoms with E-state index < -0.39 is 0 Å². The third-order valence-corrected chi connectivity index (χ3v) is 4.61. The molecule has 128 valence electrons. The van der Waals surface area contributed by atoms with Crippen LogP contribution in [-0.4, -0.2) is 20.9 Å². The molecule has 0 saturated heterocycles. The molecule has 4 rings (SSSR count). The predicted octanol–water partition coefficient (Wildman–Crippen LogP) is 4.13. The second-order valence-corrected chi connectivity index (χ2v) is 6.23. The molecular formula is C22H18N2O2. The van der Waals surface area contributed by atoms with Crippen LogP contribution in [0.3, 0.4) is 0 Å². The fourth-order valence-electron chi connectivity index (χ4n) is 3.40. The minimum atomic E-state index is -0.352. The fourth-order valence-corrected chi connectivity index (χ4v) is 3.40. The van der Waals surface area contributed by atoms with E-state index in [1.807, 2.05) is 72.8 Å². The molecule has 3 aromatic rings. The van der Waals surface area contributed by atoms with Gasteiger partial charge in [0.25, 0.3) is 5.91 Å². The number of benzene rings is 2. The second kappa shape index (κ2) is 6.84. The van der Waals surface area contributed by atoms with E-state index in [2.05, 4.69) is 4.98 Å². The highest BCUT2D eigenvalue weighted by Crippen LogP contribution is 2.43. The van der Waals surface area contributed by atoms with Crippen LogP contribution in [-0.2, 0) is 11.3 Å². The van der Waals surface area contributed by atoms with Crippen molar-refractivity contribution in [2.24, 2.45) is 0 Å². The van der Waals surface area contributed by atoms with Crippen molar-refractivity contribution in [3.05, 3.63) is 108 Å². The normalized spacial score (nSPS) is 17.0. The number of hydrogen-bond donors (Lipinski definition) is 1. The molecule has 0 fully saturated rings. The number of pyridine rings is 1. The van der Waals surface area contributed by atoms with Gasteiger partial charge in [-0.1, -0.05) is 60.7 Å². The Morgan fingerprint density at radius 2 is 1.50 bits per heavy atom. The Labute approximate surface area is 152 Å². The van der Waals surface area contributed by atoms with Crippen molar-refractivity contribution in [1.82, 2.24) is 9.88 Å². The summed E-state index contributed by atoms with van der Waals surface area (Å²) in [5, 5.41) is 10.7. The van der Waals surface area contributed by atoms with E-state index in [1.54, 1.807) is 17.3 Å². The SMILES string of the molecule is O=C1C(O)=C(c2ccccc2)C(c2ccccc2)N1Cc1ccncc1. The Morgan fingerprint density at radius 3 is 2.15 bits per heavy atom. The maximum Gasteiger partial charge on any atom is 0.290 e. The summed E-state index contributed by atoms with van der Waals surface area (Å²) in [7, 11) is 0. The molecule has 4 heteroatoms. The van der Waals surface area contributed by atoms with Gasteiger partial charge >= 0.3 is 0 Å². The van der Waals surface area contributed by atoms with Gasteiger partial charge in [0, 0.05) is 24.5 Å². The van der Waals surface area contributed by atoms with Gasteiger partial charge in [0.05, 0.1) is 6.04 Å². The molecule has 0 aliphatic carbocycles. The molecule has 0 spiro atoms. The highest BCUT2D eigenvalue weighted by Gasteiger charge is 2.40. The van der Waals surface area contributed by atoms with Gasteiger partial charge in [0.15, 0.2) is 5.76 Å². The lowest BCUT2D eigenvalue weighted by Gasteiger charge is -2.27. The number of aromatic nitrogens is 1. The number of amides is 1. The van der Waals surface area contributed by atoms with Crippen molar-refractivity contribution in [3.8, 4) is 0 Å². The molecule has 0 radical (unpaired) electrons. The molecule has 1 atom stereocenters. The van der Waals surface area contributed by atoms with Crippen molar-refractivity contribution in [2.75, 3.05) is 0 Å². The average Bonchev–Trinajstić information content (AvgIpc) is 2.95. The third-order valence-electron chi connectivity index (χ3n) is 4.61. The molecule has 1 N–H and O–H groups in total. The van der Waals surface area contributed by atoms with Crippen LogP contribution in [0.4, 0.5) is 0 Å². The zero-order valence-corrected chi connectivity index (χ0v) is 14.1. The number of nitrogens with zero attached hydrogens (tertiary/aromatic N) is 2. The van der Waals surface area contributed by atoms with Gasteiger partial charge in [0.2, 0.25) is 0 Å². The lowest BCUT2D eigenvalue weighted by molar-refractivity contribution is -0.130. The minimum Gasteiger partial charge on any atom is -0.503 e. The van der Waals surface area contributed by atoms with Crippen LogP contribution in [0.25, 0.3) is 5.57 Å². The molecule has 1 amide bonds. The lowest BCUT2D eigenvalue weighted by atomic mass is 9.93. The van der Waals surface area contributed by atoms with E-state index in [9.17, 15) is 9.90 Å². The van der Waals surface area contributed by atoms with Crippen molar-refractivity contribution >= 4 is 11.5 Å². The molecule has 1 aliphatic heterocycles. The van der Waals surface area contributed by atoms with E-state index in [0.717, 1.165) is 16.7 Å².